The van der Waals surface area contributed by atoms with Crippen molar-refractivity contribution in [3.8, 4) is 11.4 Å². The van der Waals surface area contributed by atoms with Gasteiger partial charge in [-0.15, -0.1) is 0 Å². The first-order valence-electron chi connectivity index (χ1n) is 8.19. The third kappa shape index (κ3) is 4.60. The average molecular weight is 399 g/mol. The highest BCUT2D eigenvalue weighted by Crippen LogP contribution is 2.25. The topological polar surface area (TPSA) is 102 Å². The van der Waals surface area contributed by atoms with Crippen molar-refractivity contribution in [3.63, 3.8) is 0 Å². The second-order valence-electron chi connectivity index (χ2n) is 5.87. The molecule has 28 heavy (non-hydrogen) atoms. The van der Waals surface area contributed by atoms with Crippen LogP contribution in [0.15, 0.2) is 59.1 Å². The average Bonchev–Trinajstić information content (AvgIpc) is 3.14. The molecule has 0 aliphatic rings. The monoisotopic (exact) mass is 398 g/mol. The third-order valence-corrected chi connectivity index (χ3v) is 4.16. The van der Waals surface area contributed by atoms with Crippen molar-refractivity contribution in [2.45, 2.75) is 6.54 Å². The molecular formula is C19H15ClN4O4. The summed E-state index contributed by atoms with van der Waals surface area (Å²) in [5.74, 6) is 0.284. The molecular weight excluding hydrogens is 384 g/mol. The molecule has 1 heterocycles. The Kier molecular flexibility index (Phi) is 5.81. The van der Waals surface area contributed by atoms with Crippen molar-refractivity contribution >= 4 is 29.3 Å². The van der Waals surface area contributed by atoms with Crippen LogP contribution < -0.4 is 0 Å². The summed E-state index contributed by atoms with van der Waals surface area (Å²) in [4.78, 5) is 28.2. The summed E-state index contributed by atoms with van der Waals surface area (Å²) in [6.07, 6.45) is 2.83. The van der Waals surface area contributed by atoms with E-state index in [9.17, 15) is 14.9 Å². The van der Waals surface area contributed by atoms with Gasteiger partial charge in [-0.2, -0.15) is 4.98 Å². The number of hydrogen-bond acceptors (Lipinski definition) is 6. The Bertz CT molecular complexity index is 1050. The van der Waals surface area contributed by atoms with E-state index in [0.29, 0.717) is 22.0 Å². The van der Waals surface area contributed by atoms with E-state index in [1.54, 1.807) is 37.4 Å². The van der Waals surface area contributed by atoms with E-state index in [2.05, 4.69) is 10.1 Å². The largest absolute Gasteiger partial charge is 0.337 e. The molecule has 0 N–H and O–H groups in total. The Morgan fingerprint density at radius 1 is 1.29 bits per heavy atom. The second kappa shape index (κ2) is 8.45. The van der Waals surface area contributed by atoms with Crippen molar-refractivity contribution < 1.29 is 14.2 Å². The van der Waals surface area contributed by atoms with Crippen LogP contribution in [-0.4, -0.2) is 32.9 Å². The zero-order valence-corrected chi connectivity index (χ0v) is 15.5. The van der Waals surface area contributed by atoms with Gasteiger partial charge in [-0.1, -0.05) is 41.0 Å². The maximum atomic E-state index is 12.3. The summed E-state index contributed by atoms with van der Waals surface area (Å²) in [5.41, 5.74) is 1.15. The number of nitrogens with zero attached hydrogens (tertiary/aromatic N) is 4. The number of nitro groups is 1. The number of amides is 1. The van der Waals surface area contributed by atoms with E-state index in [0.717, 1.165) is 0 Å². The highest BCUT2D eigenvalue weighted by atomic mass is 35.5. The number of halogens is 1. The molecule has 0 radical (unpaired) electrons. The number of carbonyl (C=O) groups excluding carboxylic acids is 1. The van der Waals surface area contributed by atoms with Crippen LogP contribution in [0.3, 0.4) is 0 Å². The Hall–Kier alpha value is -3.52. The molecule has 0 spiro atoms. The number of aromatic nitrogens is 2. The van der Waals surface area contributed by atoms with Crippen LogP contribution in [0.2, 0.25) is 5.02 Å². The van der Waals surface area contributed by atoms with Crippen LogP contribution in [0.5, 0.6) is 0 Å². The number of non-ortho nitro benzene ring substituents is 1. The van der Waals surface area contributed by atoms with Crippen LogP contribution in [-0.2, 0) is 11.3 Å². The van der Waals surface area contributed by atoms with Crippen molar-refractivity contribution in [3.05, 3.63) is 81.2 Å². The lowest BCUT2D eigenvalue weighted by Crippen LogP contribution is -2.24. The third-order valence-electron chi connectivity index (χ3n) is 3.83. The van der Waals surface area contributed by atoms with Crippen molar-refractivity contribution in [2.75, 3.05) is 7.05 Å². The fourth-order valence-corrected chi connectivity index (χ4v) is 2.61. The first-order chi connectivity index (χ1) is 13.4. The minimum atomic E-state index is -0.489. The van der Waals surface area contributed by atoms with Gasteiger partial charge in [-0.3, -0.25) is 14.9 Å². The van der Waals surface area contributed by atoms with Crippen molar-refractivity contribution in [1.29, 1.82) is 0 Å². The lowest BCUT2D eigenvalue weighted by Gasteiger charge is -2.11. The van der Waals surface area contributed by atoms with Gasteiger partial charge in [0, 0.05) is 30.8 Å². The van der Waals surface area contributed by atoms with Crippen LogP contribution in [0.1, 0.15) is 11.5 Å². The minimum absolute atomic E-state index is 0.0408. The smallest absolute Gasteiger partial charge is 0.270 e. The van der Waals surface area contributed by atoms with E-state index in [1.165, 1.54) is 29.2 Å². The first kappa shape index (κ1) is 19.2. The Balaban J connectivity index is 1.66. The first-order valence-corrected chi connectivity index (χ1v) is 8.57. The summed E-state index contributed by atoms with van der Waals surface area (Å²) in [6.45, 7) is 0.107. The summed E-state index contributed by atoms with van der Waals surface area (Å²) in [7, 11) is 1.58. The summed E-state index contributed by atoms with van der Waals surface area (Å²) in [5, 5.41) is 15.2. The Morgan fingerprint density at radius 2 is 2.07 bits per heavy atom. The van der Waals surface area contributed by atoms with Gasteiger partial charge < -0.3 is 9.42 Å². The van der Waals surface area contributed by atoms with Crippen LogP contribution >= 0.6 is 11.6 Å². The molecule has 1 amide bonds. The fourth-order valence-electron chi connectivity index (χ4n) is 2.39. The molecule has 0 unspecified atom stereocenters. The molecule has 3 rings (SSSR count). The summed E-state index contributed by atoms with van der Waals surface area (Å²) >= 11 is 6.12. The maximum Gasteiger partial charge on any atom is 0.270 e. The predicted molar refractivity (Wildman–Crippen MR) is 103 cm³/mol. The van der Waals surface area contributed by atoms with Gasteiger partial charge in [0.2, 0.25) is 17.6 Å². The number of nitro benzene ring substituents is 1. The van der Waals surface area contributed by atoms with Gasteiger partial charge >= 0.3 is 0 Å². The van der Waals surface area contributed by atoms with E-state index in [-0.39, 0.29) is 24.0 Å². The quantitative estimate of drug-likeness (QED) is 0.353. The highest BCUT2D eigenvalue weighted by Gasteiger charge is 2.14. The predicted octanol–water partition coefficient (Wildman–Crippen LogP) is 3.97. The van der Waals surface area contributed by atoms with Gasteiger partial charge in [0.1, 0.15) is 0 Å². The van der Waals surface area contributed by atoms with E-state index < -0.39 is 4.92 Å². The zero-order valence-electron chi connectivity index (χ0n) is 14.8. The lowest BCUT2D eigenvalue weighted by molar-refractivity contribution is -0.384. The maximum absolute atomic E-state index is 12.3. The van der Waals surface area contributed by atoms with Gasteiger partial charge in [0.05, 0.1) is 16.5 Å². The van der Waals surface area contributed by atoms with Gasteiger partial charge in [0.15, 0.2) is 0 Å². The van der Waals surface area contributed by atoms with Crippen LogP contribution in [0.4, 0.5) is 5.69 Å². The van der Waals surface area contributed by atoms with Crippen LogP contribution in [0, 0.1) is 10.1 Å². The summed E-state index contributed by atoms with van der Waals surface area (Å²) in [6, 6.07) is 13.1. The molecule has 9 heteroatoms. The molecule has 0 aliphatic carbocycles. The van der Waals surface area contributed by atoms with E-state index in [4.69, 9.17) is 16.1 Å². The zero-order chi connectivity index (χ0) is 20.1. The molecule has 0 aliphatic heterocycles. The molecule has 8 nitrogen and oxygen atoms in total. The molecule has 0 fully saturated rings. The van der Waals surface area contributed by atoms with E-state index >= 15 is 0 Å². The number of likely N-dealkylation sites (N-methyl/N-ethyl adjacent to an activating group) is 1. The Labute approximate surface area is 165 Å². The molecule has 1 aromatic heterocycles. The van der Waals surface area contributed by atoms with Gasteiger partial charge in [0.25, 0.3) is 5.69 Å². The molecule has 3 aromatic rings. The highest BCUT2D eigenvalue weighted by molar-refractivity contribution is 6.33. The fraction of sp³-hybridized carbons (Fsp3) is 0.105. The normalized spacial score (nSPS) is 10.9. The van der Waals surface area contributed by atoms with Gasteiger partial charge in [-0.05, 0) is 23.8 Å². The molecule has 0 atom stereocenters. The number of hydrogen-bond donors (Lipinski definition) is 0. The minimum Gasteiger partial charge on any atom is -0.337 e. The Morgan fingerprint density at radius 3 is 2.82 bits per heavy atom. The molecule has 2 aromatic carbocycles. The number of carbonyl (C=O) groups is 1. The molecule has 0 saturated heterocycles. The summed E-state index contributed by atoms with van der Waals surface area (Å²) < 4.78 is 5.19. The standard InChI is InChI=1S/C19H15ClN4O4/c1-23(18(25)10-9-13-5-4-6-14(11-13)24(26)27)12-17-21-19(22-28-17)15-7-2-3-8-16(15)20/h2-11H,12H2,1H3/b10-9+. The van der Waals surface area contributed by atoms with Gasteiger partial charge in [-0.25, -0.2) is 0 Å². The lowest BCUT2D eigenvalue weighted by atomic mass is 10.2. The number of benzene rings is 2. The molecule has 0 bridgehead atoms. The van der Waals surface area contributed by atoms with Crippen molar-refractivity contribution in [2.24, 2.45) is 0 Å². The molecule has 0 saturated carbocycles. The van der Waals surface area contributed by atoms with Crippen LogP contribution in [0.25, 0.3) is 17.5 Å². The van der Waals surface area contributed by atoms with Crippen molar-refractivity contribution in [1.82, 2.24) is 15.0 Å². The second-order valence-corrected chi connectivity index (χ2v) is 6.28. The SMILES string of the molecule is CN(Cc1nc(-c2ccccc2Cl)no1)C(=O)/C=C/c1cccc([N+](=O)[O-])c1. The molecule has 142 valence electrons. The number of rotatable bonds is 6. The van der Waals surface area contributed by atoms with E-state index in [1.807, 2.05) is 6.07 Å².